The largest absolute Gasteiger partial charge is 0.693 e. The molecule has 3 N–H and O–H groups in total. The van der Waals surface area contributed by atoms with Crippen molar-refractivity contribution in [1.29, 1.82) is 0 Å². The summed E-state index contributed by atoms with van der Waals surface area (Å²) in [6.45, 7) is 0. The first-order chi connectivity index (χ1) is 5.72. The highest BCUT2D eigenvalue weighted by molar-refractivity contribution is 6.30. The summed E-state index contributed by atoms with van der Waals surface area (Å²) >= 11 is 5.63. The zero-order chi connectivity index (χ0) is 8.97. The van der Waals surface area contributed by atoms with Gasteiger partial charge in [-0.1, -0.05) is 11.6 Å². The number of nitrogens with two attached hydrogens (primary N) is 1. The predicted molar refractivity (Wildman–Crippen MR) is 49.0 cm³/mol. The van der Waals surface area contributed by atoms with Gasteiger partial charge < -0.3 is 5.21 Å². The Bertz CT molecular complexity index is 283. The van der Waals surface area contributed by atoms with Gasteiger partial charge in [0.1, 0.15) is 0 Å². The van der Waals surface area contributed by atoms with Gasteiger partial charge in [-0.25, -0.2) is 5.43 Å². The summed E-state index contributed by atoms with van der Waals surface area (Å²) in [5, 5.41) is 11.3. The van der Waals surface area contributed by atoms with Crippen molar-refractivity contribution >= 4 is 23.6 Å². The van der Waals surface area contributed by atoms with Gasteiger partial charge in [-0.05, 0) is 24.3 Å². The Morgan fingerprint density at radius 3 is 2.50 bits per heavy atom. The van der Waals surface area contributed by atoms with Gasteiger partial charge in [0.2, 0.25) is 0 Å². The number of hydrogen-bond donors (Lipinski definition) is 2. The van der Waals surface area contributed by atoms with E-state index in [1.807, 2.05) is 0 Å². The Balaban J connectivity index is 2.71. The van der Waals surface area contributed by atoms with E-state index in [9.17, 15) is 5.21 Å². The van der Waals surface area contributed by atoms with E-state index in [4.69, 9.17) is 17.3 Å². The number of nitrogens with zero attached hydrogens (tertiary/aromatic N) is 1. The number of anilines is 1. The number of hydrazine groups is 1. The summed E-state index contributed by atoms with van der Waals surface area (Å²) in [6.07, 6.45) is 0.884. The quantitative estimate of drug-likeness (QED) is 0.239. The second kappa shape index (κ2) is 3.82. The molecule has 0 atom stereocenters. The molecule has 0 fully saturated rings. The lowest BCUT2D eigenvalue weighted by molar-refractivity contribution is -0.417. The van der Waals surface area contributed by atoms with Crippen LogP contribution in [0.1, 0.15) is 0 Å². The van der Waals surface area contributed by atoms with Crippen LogP contribution in [0.3, 0.4) is 0 Å². The molecule has 4 nitrogen and oxygen atoms in total. The molecule has 12 heavy (non-hydrogen) atoms. The minimum absolute atomic E-state index is 0.406. The van der Waals surface area contributed by atoms with Crippen LogP contribution in [0.5, 0.6) is 0 Å². The summed E-state index contributed by atoms with van der Waals surface area (Å²) in [5.74, 6) is 0. The molecule has 0 spiro atoms. The van der Waals surface area contributed by atoms with Gasteiger partial charge in [-0.3, -0.25) is 5.73 Å². The van der Waals surface area contributed by atoms with E-state index in [0.717, 1.165) is 6.34 Å². The number of rotatable bonds is 2. The first kappa shape index (κ1) is 8.67. The lowest BCUT2D eigenvalue weighted by Gasteiger charge is -2.09. The fourth-order valence-corrected chi connectivity index (χ4v) is 0.815. The summed E-state index contributed by atoms with van der Waals surface area (Å²) in [7, 11) is 0. The lowest BCUT2D eigenvalue weighted by atomic mass is 10.3. The maximum absolute atomic E-state index is 10.7. The van der Waals surface area contributed by atoms with E-state index in [1.54, 1.807) is 24.3 Å². The first-order valence-corrected chi connectivity index (χ1v) is 3.64. The van der Waals surface area contributed by atoms with Gasteiger partial charge in [-0.2, -0.15) is 4.85 Å². The molecule has 0 aliphatic rings. The molecule has 5 heteroatoms. The maximum Gasteiger partial charge on any atom is 0.257 e. The average molecular weight is 186 g/mol. The third-order valence-corrected chi connectivity index (χ3v) is 1.47. The van der Waals surface area contributed by atoms with Crippen molar-refractivity contribution in [2.75, 3.05) is 5.43 Å². The highest BCUT2D eigenvalue weighted by Gasteiger charge is 1.91. The molecule has 0 aliphatic heterocycles. The Hall–Kier alpha value is -1.42. The fourth-order valence-electron chi connectivity index (χ4n) is 0.689. The lowest BCUT2D eigenvalue weighted by Crippen LogP contribution is -2.17. The SMILES string of the molecule is NC=[N+]([O-])Nc1ccc(Cl)cc1. The van der Waals surface area contributed by atoms with E-state index in [2.05, 4.69) is 5.43 Å². The summed E-state index contributed by atoms with van der Waals surface area (Å²) in [6, 6.07) is 6.70. The van der Waals surface area contributed by atoms with Crippen LogP contribution in [0.15, 0.2) is 24.3 Å². The number of hydrazone groups is 1. The summed E-state index contributed by atoms with van der Waals surface area (Å²) in [4.78, 5) is 0.406. The molecule has 1 aromatic carbocycles. The minimum Gasteiger partial charge on any atom is -0.693 e. The van der Waals surface area contributed by atoms with Gasteiger partial charge in [0.25, 0.3) is 6.34 Å². The van der Waals surface area contributed by atoms with Crippen LogP contribution >= 0.6 is 11.6 Å². The molecular weight excluding hydrogens is 178 g/mol. The molecule has 0 heterocycles. The van der Waals surface area contributed by atoms with E-state index in [-0.39, 0.29) is 0 Å². The van der Waals surface area contributed by atoms with Gasteiger partial charge in [0, 0.05) is 5.02 Å². The Labute approximate surface area is 74.8 Å². The van der Waals surface area contributed by atoms with Crippen LogP contribution < -0.4 is 11.2 Å². The topological polar surface area (TPSA) is 64.1 Å². The molecule has 0 bridgehead atoms. The predicted octanol–water partition coefficient (Wildman–Crippen LogP) is 1.16. The fraction of sp³-hybridized carbons (Fsp3) is 0. The Morgan fingerprint density at radius 2 is 2.00 bits per heavy atom. The molecule has 0 saturated heterocycles. The van der Waals surface area contributed by atoms with Crippen LogP contribution in [0.25, 0.3) is 0 Å². The summed E-state index contributed by atoms with van der Waals surface area (Å²) < 4.78 is 0. The third kappa shape index (κ3) is 2.32. The second-order valence-corrected chi connectivity index (χ2v) is 2.53. The van der Waals surface area contributed by atoms with E-state index >= 15 is 0 Å². The van der Waals surface area contributed by atoms with Gasteiger partial charge in [0.05, 0.1) is 5.69 Å². The van der Waals surface area contributed by atoms with Gasteiger partial charge >= 0.3 is 0 Å². The normalized spacial score (nSPS) is 11.2. The van der Waals surface area contributed by atoms with Crippen LogP contribution in [-0.4, -0.2) is 11.2 Å². The molecule has 1 aromatic rings. The van der Waals surface area contributed by atoms with Gasteiger partial charge in [-0.15, -0.1) is 0 Å². The second-order valence-electron chi connectivity index (χ2n) is 2.09. The maximum atomic E-state index is 10.7. The highest BCUT2D eigenvalue weighted by Crippen LogP contribution is 2.12. The zero-order valence-corrected chi connectivity index (χ0v) is 6.95. The molecule has 1 rings (SSSR count). The minimum atomic E-state index is 0.406. The van der Waals surface area contributed by atoms with E-state index in [1.165, 1.54) is 0 Å². The van der Waals surface area contributed by atoms with Crippen molar-refractivity contribution in [3.8, 4) is 0 Å². The zero-order valence-electron chi connectivity index (χ0n) is 6.20. The van der Waals surface area contributed by atoms with Gasteiger partial charge in [0.15, 0.2) is 0 Å². The molecular formula is C7H8ClN3O. The molecule has 0 unspecified atom stereocenters. The molecule has 0 aliphatic carbocycles. The van der Waals surface area contributed by atoms with E-state index in [0.29, 0.717) is 15.6 Å². The monoisotopic (exact) mass is 185 g/mol. The molecule has 0 amide bonds. The van der Waals surface area contributed by atoms with Crippen molar-refractivity contribution in [1.82, 2.24) is 0 Å². The van der Waals surface area contributed by atoms with Crippen LogP contribution in [0.2, 0.25) is 5.02 Å². The smallest absolute Gasteiger partial charge is 0.257 e. The number of benzene rings is 1. The summed E-state index contributed by atoms with van der Waals surface area (Å²) in [5.41, 5.74) is 8.04. The van der Waals surface area contributed by atoms with Crippen molar-refractivity contribution in [3.05, 3.63) is 34.5 Å². The Kier molecular flexibility index (Phi) is 2.76. The van der Waals surface area contributed by atoms with Crippen molar-refractivity contribution < 1.29 is 4.85 Å². The Morgan fingerprint density at radius 1 is 1.42 bits per heavy atom. The number of hydrogen-bond acceptors (Lipinski definition) is 2. The highest BCUT2D eigenvalue weighted by atomic mass is 35.5. The number of halogens is 1. The van der Waals surface area contributed by atoms with Crippen LogP contribution in [0, 0.1) is 5.21 Å². The van der Waals surface area contributed by atoms with Crippen molar-refractivity contribution in [2.45, 2.75) is 0 Å². The van der Waals surface area contributed by atoms with Crippen molar-refractivity contribution in [3.63, 3.8) is 0 Å². The molecule has 0 aromatic heterocycles. The third-order valence-electron chi connectivity index (χ3n) is 1.22. The van der Waals surface area contributed by atoms with Crippen molar-refractivity contribution in [2.24, 2.45) is 5.73 Å². The van der Waals surface area contributed by atoms with Crippen LogP contribution in [-0.2, 0) is 0 Å². The molecule has 0 saturated carbocycles. The van der Waals surface area contributed by atoms with Crippen LogP contribution in [0.4, 0.5) is 5.69 Å². The standard InChI is InChI=1S/C7H8ClN3O/c8-6-1-3-7(4-2-6)10-11(12)5-9/h1-5,10H,9H2. The average Bonchev–Trinajstić information content (AvgIpc) is 2.09. The first-order valence-electron chi connectivity index (χ1n) is 3.26. The van der Waals surface area contributed by atoms with E-state index < -0.39 is 0 Å². The molecule has 0 radical (unpaired) electrons. The molecule has 64 valence electrons. The number of nitrogens with one attached hydrogen (secondary N) is 1.